The van der Waals surface area contributed by atoms with Crippen LogP contribution < -0.4 is 4.74 Å². The van der Waals surface area contributed by atoms with E-state index in [1.807, 2.05) is 6.07 Å². The van der Waals surface area contributed by atoms with Crippen LogP contribution in [0.1, 0.15) is 25.3 Å². The maximum absolute atomic E-state index is 13.7. The van der Waals surface area contributed by atoms with Gasteiger partial charge in [-0.25, -0.2) is 4.39 Å². The van der Waals surface area contributed by atoms with E-state index in [9.17, 15) is 14.0 Å². The summed E-state index contributed by atoms with van der Waals surface area (Å²) in [5, 5.41) is 1.48. The number of hydrogen-bond donors (Lipinski definition) is 0. The molecule has 1 saturated heterocycles. The Hall–Kier alpha value is -2.63. The number of benzene rings is 2. The Balaban J connectivity index is 1.86. The number of methoxy groups -OCH3 is 1. The molecule has 1 fully saturated rings. The molecule has 0 aliphatic carbocycles. The first-order valence-corrected chi connectivity index (χ1v) is 8.67. The number of ether oxygens (including phenoxy) is 2. The summed E-state index contributed by atoms with van der Waals surface area (Å²) in [6, 6.07) is 8.13. The molecule has 0 aromatic heterocycles. The molecule has 1 amide bonds. The van der Waals surface area contributed by atoms with E-state index in [2.05, 4.69) is 0 Å². The molecule has 3 rings (SSSR count). The Morgan fingerprint density at radius 3 is 2.58 bits per heavy atom. The van der Waals surface area contributed by atoms with Gasteiger partial charge in [-0.3, -0.25) is 9.59 Å². The average molecular weight is 359 g/mol. The van der Waals surface area contributed by atoms with Crippen molar-refractivity contribution in [1.29, 1.82) is 0 Å². The zero-order chi connectivity index (χ0) is 18.7. The number of rotatable bonds is 4. The number of nitrogens with zero attached hydrogens (tertiary/aromatic N) is 1. The molecule has 0 N–H and O–H groups in total. The van der Waals surface area contributed by atoms with Crippen LogP contribution in [0.4, 0.5) is 4.39 Å². The van der Waals surface area contributed by atoms with Crippen molar-refractivity contribution < 1.29 is 23.5 Å². The predicted molar refractivity (Wildman–Crippen MR) is 95.5 cm³/mol. The Bertz CT molecular complexity index is 828. The molecule has 0 unspecified atom stereocenters. The minimum absolute atomic E-state index is 0.0505. The lowest BCUT2D eigenvalue weighted by Gasteiger charge is -2.31. The van der Waals surface area contributed by atoms with Crippen molar-refractivity contribution in [3.8, 4) is 5.75 Å². The summed E-state index contributed by atoms with van der Waals surface area (Å²) >= 11 is 0. The molecule has 0 saturated carbocycles. The molecule has 6 heteroatoms. The first kappa shape index (κ1) is 18.2. The molecule has 2 aromatic rings. The lowest BCUT2D eigenvalue weighted by molar-refractivity contribution is -0.139. The number of halogens is 1. The van der Waals surface area contributed by atoms with E-state index in [4.69, 9.17) is 9.47 Å². The van der Waals surface area contributed by atoms with Gasteiger partial charge in [0.05, 0.1) is 13.5 Å². The summed E-state index contributed by atoms with van der Waals surface area (Å²) in [6.45, 7) is 2.86. The summed E-state index contributed by atoms with van der Waals surface area (Å²) in [5.74, 6) is -0.0557. The third-order valence-electron chi connectivity index (χ3n) is 4.70. The van der Waals surface area contributed by atoms with Crippen molar-refractivity contribution >= 4 is 22.6 Å². The Labute approximate surface area is 151 Å². The molecule has 0 atom stereocenters. The highest BCUT2D eigenvalue weighted by Crippen LogP contribution is 2.31. The normalized spacial score (nSPS) is 15.1. The Kier molecular flexibility index (Phi) is 5.40. The van der Waals surface area contributed by atoms with Crippen LogP contribution in [-0.4, -0.2) is 43.1 Å². The van der Waals surface area contributed by atoms with E-state index >= 15 is 0 Å². The second-order valence-corrected chi connectivity index (χ2v) is 6.54. The topological polar surface area (TPSA) is 55.8 Å². The van der Waals surface area contributed by atoms with Gasteiger partial charge in [-0.1, -0.05) is 12.1 Å². The first-order chi connectivity index (χ1) is 12.5. The highest BCUT2D eigenvalue weighted by molar-refractivity contribution is 5.90. The largest absolute Gasteiger partial charge is 0.490 e. The van der Waals surface area contributed by atoms with Gasteiger partial charge in [-0.05, 0) is 29.1 Å². The molecule has 0 bridgehead atoms. The summed E-state index contributed by atoms with van der Waals surface area (Å²) in [6.07, 6.45) is 1.52. The van der Waals surface area contributed by atoms with Crippen molar-refractivity contribution in [3.63, 3.8) is 0 Å². The van der Waals surface area contributed by atoms with Crippen LogP contribution in [0.2, 0.25) is 0 Å². The number of amides is 1. The van der Waals surface area contributed by atoms with Crippen molar-refractivity contribution in [2.24, 2.45) is 0 Å². The second kappa shape index (κ2) is 7.72. The van der Waals surface area contributed by atoms with Gasteiger partial charge in [-0.15, -0.1) is 0 Å². The first-order valence-electron chi connectivity index (χ1n) is 8.67. The summed E-state index contributed by atoms with van der Waals surface area (Å²) in [5.41, 5.74) is 0.757. The van der Waals surface area contributed by atoms with E-state index in [1.165, 1.54) is 19.2 Å². The van der Waals surface area contributed by atoms with Crippen LogP contribution in [-0.2, 0) is 20.7 Å². The van der Waals surface area contributed by atoms with Crippen molar-refractivity contribution in [3.05, 3.63) is 41.7 Å². The number of hydrogen-bond acceptors (Lipinski definition) is 4. The summed E-state index contributed by atoms with van der Waals surface area (Å²) in [4.78, 5) is 24.9. The number of likely N-dealkylation sites (tertiary alicyclic amines) is 1. The van der Waals surface area contributed by atoms with Gasteiger partial charge in [0.2, 0.25) is 5.91 Å². The minimum atomic E-state index is -0.341. The average Bonchev–Trinajstić information content (AvgIpc) is 2.62. The lowest BCUT2D eigenvalue weighted by atomic mass is 10.0. The van der Waals surface area contributed by atoms with Crippen molar-refractivity contribution in [2.45, 2.75) is 32.3 Å². The summed E-state index contributed by atoms with van der Waals surface area (Å²) in [7, 11) is 1.35. The number of fused-ring (bicyclic) bond motifs is 1. The quantitative estimate of drug-likeness (QED) is 0.787. The van der Waals surface area contributed by atoms with Crippen LogP contribution in [0.15, 0.2) is 30.3 Å². The fourth-order valence-corrected chi connectivity index (χ4v) is 3.26. The van der Waals surface area contributed by atoms with E-state index in [1.54, 1.807) is 24.0 Å². The third-order valence-corrected chi connectivity index (χ3v) is 4.70. The van der Waals surface area contributed by atoms with E-state index in [0.717, 1.165) is 23.8 Å². The molecule has 2 aromatic carbocycles. The molecule has 0 radical (unpaired) electrons. The SMILES string of the molecule is COC(=O)Cc1cc(OC2CCN(C(C)=O)CC2)c2cc(F)ccc2c1. The van der Waals surface area contributed by atoms with Crippen molar-refractivity contribution in [2.75, 3.05) is 20.2 Å². The molecule has 1 aliphatic heterocycles. The number of esters is 1. The van der Waals surface area contributed by atoms with Gasteiger partial charge >= 0.3 is 5.97 Å². The van der Waals surface area contributed by atoms with Crippen LogP contribution >= 0.6 is 0 Å². The van der Waals surface area contributed by atoms with Crippen molar-refractivity contribution in [1.82, 2.24) is 4.90 Å². The Morgan fingerprint density at radius 2 is 1.92 bits per heavy atom. The lowest BCUT2D eigenvalue weighted by Crippen LogP contribution is -2.40. The zero-order valence-corrected chi connectivity index (χ0v) is 15.0. The van der Waals surface area contributed by atoms with Gasteiger partial charge in [-0.2, -0.15) is 0 Å². The van der Waals surface area contributed by atoms with Crippen LogP contribution in [0.25, 0.3) is 10.8 Å². The fraction of sp³-hybridized carbons (Fsp3) is 0.400. The second-order valence-electron chi connectivity index (χ2n) is 6.54. The van der Waals surface area contributed by atoms with Gasteiger partial charge in [0.1, 0.15) is 17.7 Å². The maximum atomic E-state index is 13.7. The fourth-order valence-electron chi connectivity index (χ4n) is 3.26. The van der Waals surface area contributed by atoms with Crippen LogP contribution in [0, 0.1) is 5.82 Å². The highest BCUT2D eigenvalue weighted by Gasteiger charge is 2.23. The molecule has 0 spiro atoms. The zero-order valence-electron chi connectivity index (χ0n) is 15.0. The van der Waals surface area contributed by atoms with Crippen LogP contribution in [0.3, 0.4) is 0 Å². The van der Waals surface area contributed by atoms with E-state index in [0.29, 0.717) is 24.2 Å². The molecule has 138 valence electrons. The Morgan fingerprint density at radius 1 is 1.19 bits per heavy atom. The highest BCUT2D eigenvalue weighted by atomic mass is 19.1. The monoisotopic (exact) mass is 359 g/mol. The third kappa shape index (κ3) is 4.12. The smallest absolute Gasteiger partial charge is 0.309 e. The molecule has 1 aliphatic rings. The predicted octanol–water partition coefficient (Wildman–Crippen LogP) is 3.08. The summed E-state index contributed by atoms with van der Waals surface area (Å²) < 4.78 is 24.6. The number of carbonyl (C=O) groups is 2. The molecular formula is C20H22FNO4. The van der Waals surface area contributed by atoms with Gasteiger partial charge in [0.25, 0.3) is 0 Å². The van der Waals surface area contributed by atoms with E-state index < -0.39 is 0 Å². The van der Waals surface area contributed by atoms with Gasteiger partial charge in [0.15, 0.2) is 0 Å². The minimum Gasteiger partial charge on any atom is -0.490 e. The maximum Gasteiger partial charge on any atom is 0.309 e. The number of carbonyl (C=O) groups excluding carboxylic acids is 2. The van der Waals surface area contributed by atoms with Gasteiger partial charge < -0.3 is 14.4 Å². The van der Waals surface area contributed by atoms with Gasteiger partial charge in [0, 0.05) is 38.2 Å². The van der Waals surface area contributed by atoms with Crippen LogP contribution in [0.5, 0.6) is 5.75 Å². The standard InChI is InChI=1S/C20H22FNO4/c1-13(23)22-7-5-17(6-8-22)26-19-10-14(11-20(24)25-2)9-15-3-4-16(21)12-18(15)19/h3-4,9-10,12,17H,5-8,11H2,1-2H3. The molecule has 1 heterocycles. The number of piperidine rings is 1. The molecule has 5 nitrogen and oxygen atoms in total. The van der Waals surface area contributed by atoms with E-state index in [-0.39, 0.29) is 30.2 Å². The molecular weight excluding hydrogens is 337 g/mol. The molecule has 26 heavy (non-hydrogen) atoms.